The van der Waals surface area contributed by atoms with Crippen LogP contribution < -0.4 is 15.1 Å². The van der Waals surface area contributed by atoms with Gasteiger partial charge in [0.2, 0.25) is 0 Å². The van der Waals surface area contributed by atoms with Crippen molar-refractivity contribution in [2.24, 2.45) is 0 Å². The van der Waals surface area contributed by atoms with E-state index in [0.717, 1.165) is 43.5 Å². The predicted molar refractivity (Wildman–Crippen MR) is 105 cm³/mol. The van der Waals surface area contributed by atoms with Gasteiger partial charge in [-0.05, 0) is 38.1 Å². The molecule has 138 valence electrons. The Hall–Kier alpha value is -2.83. The highest BCUT2D eigenvalue weighted by Crippen LogP contribution is 2.17. The van der Waals surface area contributed by atoms with E-state index in [1.807, 2.05) is 47.4 Å². The van der Waals surface area contributed by atoms with Crippen molar-refractivity contribution >= 4 is 23.4 Å². The molecule has 0 atom stereocenters. The fraction of sp³-hybridized carbons (Fsp3) is 0.421. The first kappa shape index (κ1) is 18.0. The lowest BCUT2D eigenvalue weighted by Crippen LogP contribution is -2.50. The summed E-state index contributed by atoms with van der Waals surface area (Å²) in [6.45, 7) is 8.89. The van der Waals surface area contributed by atoms with Gasteiger partial charge in [-0.25, -0.2) is 4.79 Å². The topological polar surface area (TPSA) is 64.6 Å². The molecule has 0 saturated carbocycles. The van der Waals surface area contributed by atoms with E-state index >= 15 is 0 Å². The maximum Gasteiger partial charge on any atom is 0.321 e. The number of carbonyl (C=O) groups excluding carboxylic acids is 1. The summed E-state index contributed by atoms with van der Waals surface area (Å²) in [5.74, 6) is 1.77. The van der Waals surface area contributed by atoms with Crippen LogP contribution in [0.1, 0.15) is 13.8 Å². The minimum absolute atomic E-state index is 0.0567. The molecule has 1 aromatic heterocycles. The van der Waals surface area contributed by atoms with Crippen LogP contribution in [-0.2, 0) is 0 Å². The van der Waals surface area contributed by atoms with Crippen molar-refractivity contribution in [2.75, 3.05) is 54.4 Å². The third-order valence-corrected chi connectivity index (χ3v) is 4.64. The standard InChI is InChI=1S/C19H26N6O/c1-3-23(4-2)17-10-11-18(22-21-17)24-12-14-25(15-13-24)19(26)20-16-8-6-5-7-9-16/h5-11H,3-4,12-15H2,1-2H3,(H,20,26). The minimum Gasteiger partial charge on any atom is -0.356 e. The Bertz CT molecular complexity index is 694. The number of amides is 2. The molecule has 0 aliphatic carbocycles. The summed E-state index contributed by atoms with van der Waals surface area (Å²) in [5, 5.41) is 11.7. The van der Waals surface area contributed by atoms with Gasteiger partial charge < -0.3 is 20.0 Å². The first-order valence-corrected chi connectivity index (χ1v) is 9.16. The molecule has 1 aliphatic rings. The number of carbonyl (C=O) groups is 1. The molecule has 3 rings (SSSR count). The van der Waals surface area contributed by atoms with Crippen molar-refractivity contribution in [3.8, 4) is 0 Å². The summed E-state index contributed by atoms with van der Waals surface area (Å²) in [5.41, 5.74) is 0.817. The molecule has 0 radical (unpaired) electrons. The quantitative estimate of drug-likeness (QED) is 0.894. The van der Waals surface area contributed by atoms with Gasteiger partial charge in [-0.1, -0.05) is 18.2 Å². The molecule has 1 aliphatic heterocycles. The normalized spacial score (nSPS) is 14.2. The molecule has 0 unspecified atom stereocenters. The maximum atomic E-state index is 12.4. The van der Waals surface area contributed by atoms with E-state index < -0.39 is 0 Å². The molecule has 2 amide bonds. The fourth-order valence-electron chi connectivity index (χ4n) is 3.07. The van der Waals surface area contributed by atoms with Gasteiger partial charge in [-0.2, -0.15) is 0 Å². The molecule has 2 aromatic rings. The number of para-hydroxylation sites is 1. The van der Waals surface area contributed by atoms with Crippen LogP contribution in [0.2, 0.25) is 0 Å². The van der Waals surface area contributed by atoms with Gasteiger partial charge in [0.1, 0.15) is 0 Å². The van der Waals surface area contributed by atoms with Crippen LogP contribution in [0.5, 0.6) is 0 Å². The number of nitrogens with zero attached hydrogens (tertiary/aromatic N) is 5. The molecule has 1 N–H and O–H groups in total. The highest BCUT2D eigenvalue weighted by molar-refractivity contribution is 5.89. The third kappa shape index (κ3) is 4.22. The lowest BCUT2D eigenvalue weighted by molar-refractivity contribution is 0.208. The van der Waals surface area contributed by atoms with Crippen molar-refractivity contribution in [1.82, 2.24) is 15.1 Å². The van der Waals surface area contributed by atoms with E-state index in [1.54, 1.807) is 0 Å². The fourth-order valence-corrected chi connectivity index (χ4v) is 3.07. The zero-order valence-corrected chi connectivity index (χ0v) is 15.4. The second-order valence-corrected chi connectivity index (χ2v) is 6.19. The molecule has 26 heavy (non-hydrogen) atoms. The molecular formula is C19H26N6O. The number of hydrogen-bond donors (Lipinski definition) is 1. The van der Waals surface area contributed by atoms with E-state index in [-0.39, 0.29) is 6.03 Å². The first-order valence-electron chi connectivity index (χ1n) is 9.16. The van der Waals surface area contributed by atoms with Crippen LogP contribution in [0.3, 0.4) is 0 Å². The lowest BCUT2D eigenvalue weighted by Gasteiger charge is -2.35. The number of urea groups is 1. The number of rotatable bonds is 5. The summed E-state index contributed by atoms with van der Waals surface area (Å²) in [6, 6.07) is 13.5. The van der Waals surface area contributed by atoms with Crippen molar-refractivity contribution in [1.29, 1.82) is 0 Å². The summed E-state index contributed by atoms with van der Waals surface area (Å²) in [7, 11) is 0. The average Bonchev–Trinajstić information content (AvgIpc) is 2.70. The molecule has 0 spiro atoms. The maximum absolute atomic E-state index is 12.4. The summed E-state index contributed by atoms with van der Waals surface area (Å²) in [4.78, 5) is 18.5. The lowest BCUT2D eigenvalue weighted by atomic mass is 10.3. The van der Waals surface area contributed by atoms with E-state index in [4.69, 9.17) is 0 Å². The number of aromatic nitrogens is 2. The molecule has 0 bridgehead atoms. The van der Waals surface area contributed by atoms with E-state index in [1.165, 1.54) is 0 Å². The van der Waals surface area contributed by atoms with Crippen LogP contribution in [0.4, 0.5) is 22.1 Å². The van der Waals surface area contributed by atoms with Gasteiger partial charge in [0.25, 0.3) is 0 Å². The van der Waals surface area contributed by atoms with Crippen LogP contribution in [0.25, 0.3) is 0 Å². The minimum atomic E-state index is -0.0567. The Labute approximate surface area is 154 Å². The molecular weight excluding hydrogens is 328 g/mol. The van der Waals surface area contributed by atoms with Crippen molar-refractivity contribution in [3.63, 3.8) is 0 Å². The van der Waals surface area contributed by atoms with Gasteiger partial charge in [0.05, 0.1) is 0 Å². The van der Waals surface area contributed by atoms with Crippen molar-refractivity contribution in [3.05, 3.63) is 42.5 Å². The van der Waals surface area contributed by atoms with Gasteiger partial charge in [0.15, 0.2) is 11.6 Å². The number of nitrogens with one attached hydrogen (secondary N) is 1. The zero-order valence-electron chi connectivity index (χ0n) is 15.4. The smallest absolute Gasteiger partial charge is 0.321 e. The molecule has 1 saturated heterocycles. The molecule has 7 heteroatoms. The predicted octanol–water partition coefficient (Wildman–Crippen LogP) is 2.68. The largest absolute Gasteiger partial charge is 0.356 e. The Kier molecular flexibility index (Phi) is 5.88. The Morgan fingerprint density at radius 2 is 1.69 bits per heavy atom. The van der Waals surface area contributed by atoms with Crippen LogP contribution in [-0.4, -0.2) is 60.4 Å². The van der Waals surface area contributed by atoms with Gasteiger partial charge in [-0.3, -0.25) is 0 Å². The third-order valence-electron chi connectivity index (χ3n) is 4.64. The Morgan fingerprint density at radius 3 is 2.27 bits per heavy atom. The zero-order chi connectivity index (χ0) is 18.4. The van der Waals surface area contributed by atoms with Crippen LogP contribution in [0.15, 0.2) is 42.5 Å². The Balaban J connectivity index is 1.54. The highest BCUT2D eigenvalue weighted by Gasteiger charge is 2.22. The van der Waals surface area contributed by atoms with Crippen LogP contribution in [0, 0.1) is 0 Å². The second kappa shape index (κ2) is 8.51. The number of piperazine rings is 1. The molecule has 7 nitrogen and oxygen atoms in total. The summed E-state index contributed by atoms with van der Waals surface area (Å²) < 4.78 is 0. The number of benzene rings is 1. The van der Waals surface area contributed by atoms with Gasteiger partial charge >= 0.3 is 6.03 Å². The summed E-state index contributed by atoms with van der Waals surface area (Å²) >= 11 is 0. The first-order chi connectivity index (χ1) is 12.7. The van der Waals surface area contributed by atoms with Crippen LogP contribution >= 0.6 is 0 Å². The monoisotopic (exact) mass is 354 g/mol. The summed E-state index contributed by atoms with van der Waals surface area (Å²) in [6.07, 6.45) is 0. The van der Waals surface area contributed by atoms with Gasteiger partial charge in [0, 0.05) is 45.0 Å². The molecule has 1 fully saturated rings. The average molecular weight is 354 g/mol. The molecule has 1 aromatic carbocycles. The number of hydrogen-bond acceptors (Lipinski definition) is 5. The molecule has 2 heterocycles. The van der Waals surface area contributed by atoms with E-state index in [9.17, 15) is 4.79 Å². The Morgan fingerprint density at radius 1 is 1.00 bits per heavy atom. The van der Waals surface area contributed by atoms with Gasteiger partial charge in [-0.15, -0.1) is 10.2 Å². The van der Waals surface area contributed by atoms with E-state index in [2.05, 4.69) is 39.2 Å². The number of anilines is 3. The highest BCUT2D eigenvalue weighted by atomic mass is 16.2. The second-order valence-electron chi connectivity index (χ2n) is 6.19. The SMILES string of the molecule is CCN(CC)c1ccc(N2CCN(C(=O)Nc3ccccc3)CC2)nn1. The van der Waals surface area contributed by atoms with E-state index in [0.29, 0.717) is 13.1 Å². The van der Waals surface area contributed by atoms with Crippen molar-refractivity contribution < 1.29 is 4.79 Å². The van der Waals surface area contributed by atoms with Crippen molar-refractivity contribution in [2.45, 2.75) is 13.8 Å².